The van der Waals surface area contributed by atoms with Gasteiger partial charge in [0.2, 0.25) is 23.5 Å². The number of para-hydroxylation sites is 1. The van der Waals surface area contributed by atoms with Gasteiger partial charge in [0, 0.05) is 37.3 Å². The fourth-order valence-electron chi connectivity index (χ4n) is 10.4. The van der Waals surface area contributed by atoms with Gasteiger partial charge in [0.05, 0.1) is 52.6 Å². The number of fused-ring (bicyclic) bond motifs is 1. The van der Waals surface area contributed by atoms with Crippen molar-refractivity contribution in [2.75, 3.05) is 67.1 Å². The van der Waals surface area contributed by atoms with Crippen molar-refractivity contribution >= 4 is 47.1 Å². The molecule has 4 atom stereocenters. The van der Waals surface area contributed by atoms with Gasteiger partial charge in [0.15, 0.2) is 29.6 Å². The minimum absolute atomic E-state index is 0.0623. The van der Waals surface area contributed by atoms with Gasteiger partial charge in [0.25, 0.3) is 17.7 Å². The number of piperidine rings is 2. The number of nitrogens with zero attached hydrogens (tertiary/aromatic N) is 2. The van der Waals surface area contributed by atoms with E-state index < -0.39 is 53.7 Å². The maximum atomic E-state index is 14.6. The van der Waals surface area contributed by atoms with Crippen molar-refractivity contribution in [1.29, 1.82) is 0 Å². The Morgan fingerprint density at radius 1 is 0.705 bits per heavy atom. The van der Waals surface area contributed by atoms with Crippen LogP contribution in [0, 0.1) is 0 Å². The summed E-state index contributed by atoms with van der Waals surface area (Å²) in [4.78, 5) is 95.1. The number of benzene rings is 4. The van der Waals surface area contributed by atoms with Crippen LogP contribution in [0.25, 0.3) is 0 Å². The number of anilines is 1. The number of imide groups is 2. The lowest BCUT2D eigenvalue weighted by molar-refractivity contribution is -0.162. The second-order valence-corrected chi connectivity index (χ2v) is 19.5. The van der Waals surface area contributed by atoms with Crippen molar-refractivity contribution < 1.29 is 66.7 Å². The number of hydrogen-bond acceptors (Lipinski definition) is 15. The summed E-state index contributed by atoms with van der Waals surface area (Å²) in [5.74, 6) is -0.936. The molecule has 1 unspecified atom stereocenters. The van der Waals surface area contributed by atoms with Crippen molar-refractivity contribution in [2.24, 2.45) is 0 Å². The topological polar surface area (TPSA) is 227 Å². The first-order valence-corrected chi connectivity index (χ1v) is 26.9. The number of aryl methyl sites for hydroxylation is 1. The molecule has 3 heterocycles. The number of esters is 1. The molecule has 2 fully saturated rings. The number of carbonyl (C=O) groups excluding carboxylic acids is 7. The number of unbranched alkanes of at least 4 members (excludes halogenated alkanes) is 5. The van der Waals surface area contributed by atoms with E-state index in [1.165, 1.54) is 21.3 Å². The molecule has 6 amide bonds. The number of rotatable bonds is 28. The van der Waals surface area contributed by atoms with Crippen LogP contribution in [0.4, 0.5) is 5.69 Å². The van der Waals surface area contributed by atoms with Crippen molar-refractivity contribution in [2.45, 2.75) is 121 Å². The molecule has 0 spiro atoms. The summed E-state index contributed by atoms with van der Waals surface area (Å²) in [6.45, 7) is 3.20. The quantitative estimate of drug-likeness (QED) is 0.0279. The summed E-state index contributed by atoms with van der Waals surface area (Å²) in [6, 6.07) is 19.5. The number of amides is 6. The van der Waals surface area contributed by atoms with Gasteiger partial charge in [-0.15, -0.1) is 0 Å². The normalized spacial score (nSPS) is 16.8. The molecule has 4 aromatic carbocycles. The molecule has 7 rings (SSSR count). The second-order valence-electron chi connectivity index (χ2n) is 19.5. The van der Waals surface area contributed by atoms with Crippen LogP contribution in [0.3, 0.4) is 0 Å². The lowest BCUT2D eigenvalue weighted by Crippen LogP contribution is -2.54. The lowest BCUT2D eigenvalue weighted by atomic mass is 9.91. The molecule has 418 valence electrons. The predicted octanol–water partition coefficient (Wildman–Crippen LogP) is 7.87. The van der Waals surface area contributed by atoms with Crippen molar-refractivity contribution in [3.8, 4) is 34.5 Å². The molecule has 19 nitrogen and oxygen atoms in total. The Hall–Kier alpha value is -7.83. The van der Waals surface area contributed by atoms with E-state index >= 15 is 0 Å². The summed E-state index contributed by atoms with van der Waals surface area (Å²) < 4.78 is 40.4. The van der Waals surface area contributed by atoms with E-state index in [1.807, 2.05) is 37.3 Å². The highest BCUT2D eigenvalue weighted by Crippen LogP contribution is 2.42. The number of carbonyl (C=O) groups is 7. The molecule has 19 heteroatoms. The third-order valence-electron chi connectivity index (χ3n) is 14.6. The average molecular weight is 1080 g/mol. The van der Waals surface area contributed by atoms with Crippen LogP contribution in [-0.4, -0.2) is 125 Å². The van der Waals surface area contributed by atoms with Gasteiger partial charge in [-0.1, -0.05) is 56.9 Å². The summed E-state index contributed by atoms with van der Waals surface area (Å²) in [7, 11) is 7.72. The maximum absolute atomic E-state index is 14.6. The van der Waals surface area contributed by atoms with Crippen molar-refractivity contribution in [1.82, 2.24) is 20.4 Å². The summed E-state index contributed by atoms with van der Waals surface area (Å²) >= 11 is 0. The molecular formula is C59H73N5O14. The fourth-order valence-corrected chi connectivity index (χ4v) is 10.4. The number of likely N-dealkylation sites (tertiary alicyclic amines) is 1. The summed E-state index contributed by atoms with van der Waals surface area (Å²) in [6.07, 6.45) is 8.07. The van der Waals surface area contributed by atoms with Crippen LogP contribution < -0.4 is 44.4 Å². The van der Waals surface area contributed by atoms with Crippen LogP contribution in [0.15, 0.2) is 72.8 Å². The first-order valence-electron chi connectivity index (χ1n) is 26.9. The Morgan fingerprint density at radius 2 is 1.40 bits per heavy atom. The Morgan fingerprint density at radius 3 is 2.09 bits per heavy atom. The monoisotopic (exact) mass is 1080 g/mol. The number of hydrogen-bond donors (Lipinski definition) is 3. The minimum atomic E-state index is -1.01. The third kappa shape index (κ3) is 14.0. The van der Waals surface area contributed by atoms with Gasteiger partial charge in [-0.2, -0.15) is 0 Å². The van der Waals surface area contributed by atoms with E-state index in [1.54, 1.807) is 61.6 Å². The predicted molar refractivity (Wildman–Crippen MR) is 289 cm³/mol. The van der Waals surface area contributed by atoms with Gasteiger partial charge in [0.1, 0.15) is 23.9 Å². The highest BCUT2D eigenvalue weighted by molar-refractivity contribution is 6.23. The molecule has 0 bridgehead atoms. The molecule has 2 saturated heterocycles. The molecule has 78 heavy (non-hydrogen) atoms. The van der Waals surface area contributed by atoms with Crippen LogP contribution in [0.2, 0.25) is 0 Å². The third-order valence-corrected chi connectivity index (χ3v) is 14.6. The van der Waals surface area contributed by atoms with E-state index in [4.69, 9.17) is 33.2 Å². The smallest absolute Gasteiger partial charge is 0.329 e. The van der Waals surface area contributed by atoms with Crippen molar-refractivity contribution in [3.63, 3.8) is 0 Å². The minimum Gasteiger partial charge on any atom is -0.493 e. The molecule has 0 aromatic heterocycles. The zero-order chi connectivity index (χ0) is 55.7. The van der Waals surface area contributed by atoms with Gasteiger partial charge in [-0.3, -0.25) is 39.0 Å². The van der Waals surface area contributed by atoms with E-state index in [9.17, 15) is 33.6 Å². The Bertz CT molecular complexity index is 2780. The number of nitrogens with one attached hydrogen (secondary N) is 3. The highest BCUT2D eigenvalue weighted by atomic mass is 16.6. The molecule has 3 N–H and O–H groups in total. The molecule has 4 aromatic rings. The number of methoxy groups -OCH3 is 5. The summed E-state index contributed by atoms with van der Waals surface area (Å²) in [5, 5.41) is 8.50. The molecule has 0 aliphatic carbocycles. The zero-order valence-electron chi connectivity index (χ0n) is 45.6. The van der Waals surface area contributed by atoms with Gasteiger partial charge in [-0.05, 0) is 117 Å². The van der Waals surface area contributed by atoms with Crippen LogP contribution >= 0.6 is 0 Å². The Balaban J connectivity index is 0.903. The lowest BCUT2D eigenvalue weighted by Gasteiger charge is -2.37. The van der Waals surface area contributed by atoms with Crippen LogP contribution in [0.5, 0.6) is 34.5 Å². The van der Waals surface area contributed by atoms with E-state index in [0.717, 1.165) is 61.8 Å². The fraction of sp³-hybridized carbons (Fsp3) is 0.475. The Kier molecular flexibility index (Phi) is 20.8. The standard InChI is InChI=1S/C59H73N5O14/c1-7-40(38-33-50(74-4)54(76-6)51(34-38)75-5)56(68)63-31-17-14-19-45(63)59(71)78-47(26-21-37-22-27-48(72-2)49(32-37)73-3)42-18-12-13-20-46(42)77-36-53(66)61-30-16-11-9-8-10-15-29-60-39-23-24-41-43(35-39)58(70)64(57(41)69)44-25-28-52(65)62-55(44)67/h12-13,18,20,22-24,27,32-35,40,44-45,47,60H,7-11,14-17,19,21,25-26,28-31,36H2,1-6H3,(H,61,66)(H,62,65,67)/t40-,44?,45-,47+/m0/s1. The van der Waals surface area contributed by atoms with Gasteiger partial charge >= 0.3 is 5.97 Å². The summed E-state index contributed by atoms with van der Waals surface area (Å²) in [5.41, 5.74) is 3.36. The molecule has 0 radical (unpaired) electrons. The first-order chi connectivity index (χ1) is 37.8. The molecular weight excluding hydrogens is 1000 g/mol. The average Bonchev–Trinajstić information content (AvgIpc) is 3.77. The van der Waals surface area contributed by atoms with Crippen LogP contribution in [0.1, 0.15) is 140 Å². The largest absolute Gasteiger partial charge is 0.493 e. The van der Waals surface area contributed by atoms with Gasteiger partial charge in [-0.25, -0.2) is 4.79 Å². The van der Waals surface area contributed by atoms with E-state index in [2.05, 4.69) is 16.0 Å². The van der Waals surface area contributed by atoms with Gasteiger partial charge < -0.3 is 48.7 Å². The van der Waals surface area contributed by atoms with Crippen LogP contribution in [-0.2, 0) is 35.1 Å². The molecule has 0 saturated carbocycles. The second kappa shape index (κ2) is 28.0. The SMILES string of the molecule is CC[C@H](C(=O)N1CCCC[C@H]1C(=O)O[C@H](CCc1ccc(OC)c(OC)c1)c1ccccc1OCC(=O)NCCCCCCCCNc1ccc2c(c1)C(=O)N(C1CCC(=O)NC1=O)C2=O)c1cc(OC)c(OC)c(OC)c1. The first kappa shape index (κ1) is 57.9. The maximum Gasteiger partial charge on any atom is 0.329 e. The van der Waals surface area contributed by atoms with Crippen molar-refractivity contribution in [3.05, 3.63) is 101 Å². The number of ether oxygens (including phenoxy) is 7. The molecule has 3 aliphatic heterocycles. The highest BCUT2D eigenvalue weighted by Gasteiger charge is 2.45. The van der Waals surface area contributed by atoms with E-state index in [0.29, 0.717) is 96.6 Å². The molecule has 3 aliphatic rings. The zero-order valence-corrected chi connectivity index (χ0v) is 45.6. The van der Waals surface area contributed by atoms with E-state index in [-0.39, 0.29) is 42.4 Å². The Labute approximate surface area is 455 Å².